The number of nitrogens with one attached hydrogen (secondary N) is 1. The lowest BCUT2D eigenvalue weighted by Crippen LogP contribution is -2.19. The number of amidine groups is 1. The van der Waals surface area contributed by atoms with Gasteiger partial charge in [-0.15, -0.1) is 0 Å². The van der Waals surface area contributed by atoms with Crippen molar-refractivity contribution in [1.82, 2.24) is 5.32 Å². The fourth-order valence-corrected chi connectivity index (χ4v) is 4.49. The van der Waals surface area contributed by atoms with Crippen LogP contribution in [0.4, 0.5) is 5.69 Å². The Balaban J connectivity index is 1.90. The van der Waals surface area contributed by atoms with Gasteiger partial charge in [0.25, 0.3) is 5.91 Å². The van der Waals surface area contributed by atoms with Crippen molar-refractivity contribution in [3.63, 3.8) is 0 Å². The van der Waals surface area contributed by atoms with E-state index in [9.17, 15) is 4.79 Å². The van der Waals surface area contributed by atoms with E-state index in [-0.39, 0.29) is 5.91 Å². The molecule has 0 atom stereocenters. The van der Waals surface area contributed by atoms with Gasteiger partial charge in [-0.3, -0.25) is 4.79 Å². The van der Waals surface area contributed by atoms with Crippen LogP contribution in [0.5, 0.6) is 11.5 Å². The van der Waals surface area contributed by atoms with Crippen molar-refractivity contribution < 1.29 is 14.3 Å². The Labute approximate surface area is 197 Å². The van der Waals surface area contributed by atoms with Gasteiger partial charge in [-0.05, 0) is 84.1 Å². The van der Waals surface area contributed by atoms with Gasteiger partial charge in [-0.25, -0.2) is 4.99 Å². The van der Waals surface area contributed by atoms with Gasteiger partial charge in [0.2, 0.25) is 0 Å². The van der Waals surface area contributed by atoms with Crippen LogP contribution in [0.3, 0.4) is 0 Å². The summed E-state index contributed by atoms with van der Waals surface area (Å²) >= 11 is 15.6. The lowest BCUT2D eigenvalue weighted by Gasteiger charge is -2.13. The second-order valence-corrected chi connectivity index (χ2v) is 8.73. The van der Waals surface area contributed by atoms with Crippen LogP contribution in [0.1, 0.15) is 19.4 Å². The molecule has 0 unspecified atom stereocenters. The molecule has 0 bridgehead atoms. The Morgan fingerprint density at radius 1 is 1.21 bits per heavy atom. The number of hydrogen-bond donors (Lipinski definition) is 1. The summed E-state index contributed by atoms with van der Waals surface area (Å²) in [5, 5.41) is 3.94. The molecular formula is C20H17Cl2IN2O3S. The summed E-state index contributed by atoms with van der Waals surface area (Å²) in [4.78, 5) is 17.3. The molecule has 0 radical (unpaired) electrons. The molecule has 1 aliphatic rings. The van der Waals surface area contributed by atoms with Gasteiger partial charge < -0.3 is 14.8 Å². The van der Waals surface area contributed by atoms with Crippen molar-refractivity contribution in [3.05, 3.63) is 54.4 Å². The van der Waals surface area contributed by atoms with Crippen molar-refractivity contribution >= 4 is 80.4 Å². The van der Waals surface area contributed by atoms with Crippen LogP contribution < -0.4 is 14.8 Å². The number of benzene rings is 2. The van der Waals surface area contributed by atoms with Crippen molar-refractivity contribution in [2.75, 3.05) is 13.2 Å². The number of halogens is 3. The molecule has 1 saturated heterocycles. The maximum absolute atomic E-state index is 12.4. The molecule has 9 heteroatoms. The van der Waals surface area contributed by atoms with E-state index in [2.05, 4.69) is 32.9 Å². The van der Waals surface area contributed by atoms with E-state index in [0.29, 0.717) is 50.5 Å². The van der Waals surface area contributed by atoms with Crippen LogP contribution in [0.15, 0.2) is 40.2 Å². The molecule has 1 amide bonds. The van der Waals surface area contributed by atoms with E-state index in [0.717, 1.165) is 9.13 Å². The first kappa shape index (κ1) is 22.3. The first-order valence-electron chi connectivity index (χ1n) is 8.75. The molecule has 2 aromatic rings. The molecule has 0 saturated carbocycles. The average Bonchev–Trinajstić information content (AvgIpc) is 3.01. The summed E-state index contributed by atoms with van der Waals surface area (Å²) in [6.45, 7) is 4.90. The van der Waals surface area contributed by atoms with E-state index in [1.54, 1.807) is 24.3 Å². The molecular weight excluding hydrogens is 546 g/mol. The lowest BCUT2D eigenvalue weighted by atomic mass is 10.2. The summed E-state index contributed by atoms with van der Waals surface area (Å²) in [6.07, 6.45) is 1.79. The highest BCUT2D eigenvalue weighted by Crippen LogP contribution is 2.37. The van der Waals surface area contributed by atoms with Gasteiger partial charge in [0.15, 0.2) is 16.7 Å². The molecule has 5 nitrogen and oxygen atoms in total. The molecule has 0 aromatic heterocycles. The first-order chi connectivity index (χ1) is 13.9. The molecule has 0 aliphatic carbocycles. The molecule has 29 heavy (non-hydrogen) atoms. The second kappa shape index (κ2) is 10.1. The minimum atomic E-state index is -0.228. The van der Waals surface area contributed by atoms with Crippen molar-refractivity contribution in [3.8, 4) is 11.5 Å². The number of carbonyl (C=O) groups is 1. The molecule has 152 valence electrons. The number of amides is 1. The minimum Gasteiger partial charge on any atom is -0.490 e. The van der Waals surface area contributed by atoms with E-state index < -0.39 is 0 Å². The van der Waals surface area contributed by atoms with Crippen LogP contribution in [-0.4, -0.2) is 24.3 Å². The third-order valence-electron chi connectivity index (χ3n) is 3.72. The molecule has 1 fully saturated rings. The van der Waals surface area contributed by atoms with Gasteiger partial charge in [-0.2, -0.15) is 0 Å². The topological polar surface area (TPSA) is 59.9 Å². The second-order valence-electron chi connectivity index (χ2n) is 5.75. The fourth-order valence-electron chi connectivity index (χ4n) is 2.54. The summed E-state index contributed by atoms with van der Waals surface area (Å²) in [5.41, 5.74) is 1.33. The van der Waals surface area contributed by atoms with Gasteiger partial charge >= 0.3 is 0 Å². The highest BCUT2D eigenvalue weighted by Gasteiger charge is 2.24. The molecule has 1 aliphatic heterocycles. The van der Waals surface area contributed by atoms with E-state index >= 15 is 0 Å². The zero-order valence-electron chi connectivity index (χ0n) is 15.6. The predicted octanol–water partition coefficient (Wildman–Crippen LogP) is 6.29. The standard InChI is InChI=1S/C20H17Cl2IN2O3S/c1-3-27-15-9-11(8-13(23)18(15)28-4-2)10-16-19(26)25-20(29-16)24-14-7-5-6-12(21)17(14)22/h5-10H,3-4H2,1-2H3,(H,24,25,26)/b16-10+. The summed E-state index contributed by atoms with van der Waals surface area (Å²) < 4.78 is 12.3. The number of ether oxygens (including phenoxy) is 2. The molecule has 1 N–H and O–H groups in total. The minimum absolute atomic E-state index is 0.228. The quantitative estimate of drug-likeness (QED) is 0.332. The summed E-state index contributed by atoms with van der Waals surface area (Å²) in [5.74, 6) is 1.13. The Morgan fingerprint density at radius 2 is 1.97 bits per heavy atom. The highest BCUT2D eigenvalue weighted by atomic mass is 127. The van der Waals surface area contributed by atoms with Crippen LogP contribution in [0.2, 0.25) is 10.0 Å². The number of rotatable bonds is 6. The maximum Gasteiger partial charge on any atom is 0.264 e. The van der Waals surface area contributed by atoms with Gasteiger partial charge in [0, 0.05) is 0 Å². The van der Waals surface area contributed by atoms with Crippen LogP contribution in [-0.2, 0) is 4.79 Å². The average molecular weight is 563 g/mol. The van der Waals surface area contributed by atoms with Crippen molar-refractivity contribution in [1.29, 1.82) is 0 Å². The monoisotopic (exact) mass is 562 g/mol. The third-order valence-corrected chi connectivity index (χ3v) is 6.24. The van der Waals surface area contributed by atoms with Gasteiger partial charge in [0.1, 0.15) is 0 Å². The van der Waals surface area contributed by atoms with Crippen LogP contribution in [0, 0.1) is 3.57 Å². The number of hydrogen-bond acceptors (Lipinski definition) is 5. The summed E-state index contributed by atoms with van der Waals surface area (Å²) in [7, 11) is 0. The molecule has 1 heterocycles. The number of aliphatic imine (C=N–C) groups is 1. The van der Waals surface area contributed by atoms with Gasteiger partial charge in [-0.1, -0.05) is 29.3 Å². The zero-order chi connectivity index (χ0) is 21.0. The number of thioether (sulfide) groups is 1. The van der Waals surface area contributed by atoms with E-state index in [4.69, 9.17) is 32.7 Å². The molecule has 3 rings (SSSR count). The smallest absolute Gasteiger partial charge is 0.264 e. The normalized spacial score (nSPS) is 16.4. The Hall–Kier alpha value is -1.42. The largest absolute Gasteiger partial charge is 0.490 e. The Kier molecular flexibility index (Phi) is 7.72. The Bertz CT molecular complexity index is 1010. The molecule has 0 spiro atoms. The van der Waals surface area contributed by atoms with Crippen LogP contribution in [0.25, 0.3) is 6.08 Å². The summed E-state index contributed by atoms with van der Waals surface area (Å²) in [6, 6.07) is 8.98. The maximum atomic E-state index is 12.4. The van der Waals surface area contributed by atoms with E-state index in [1.807, 2.05) is 26.0 Å². The Morgan fingerprint density at radius 3 is 2.69 bits per heavy atom. The number of carbonyl (C=O) groups excluding carboxylic acids is 1. The number of nitrogens with zero attached hydrogens (tertiary/aromatic N) is 1. The van der Waals surface area contributed by atoms with Gasteiger partial charge in [0.05, 0.1) is 37.4 Å². The van der Waals surface area contributed by atoms with Crippen molar-refractivity contribution in [2.24, 2.45) is 4.99 Å². The molecule has 2 aromatic carbocycles. The fraction of sp³-hybridized carbons (Fsp3) is 0.200. The van der Waals surface area contributed by atoms with Crippen LogP contribution >= 0.6 is 57.6 Å². The van der Waals surface area contributed by atoms with Crippen molar-refractivity contribution in [2.45, 2.75) is 13.8 Å². The SMILES string of the molecule is CCOc1cc(/C=C2/SC(=Nc3cccc(Cl)c3Cl)NC2=O)cc(I)c1OCC. The first-order valence-corrected chi connectivity index (χ1v) is 11.4. The highest BCUT2D eigenvalue weighted by molar-refractivity contribution is 14.1. The predicted molar refractivity (Wildman–Crippen MR) is 129 cm³/mol. The lowest BCUT2D eigenvalue weighted by molar-refractivity contribution is -0.115. The van der Waals surface area contributed by atoms with E-state index in [1.165, 1.54) is 11.8 Å². The third kappa shape index (κ3) is 5.39. The zero-order valence-corrected chi connectivity index (χ0v) is 20.1.